The summed E-state index contributed by atoms with van der Waals surface area (Å²) < 4.78 is 0. The first-order chi connectivity index (χ1) is 16.1. The summed E-state index contributed by atoms with van der Waals surface area (Å²) in [5.74, 6) is 0.841. The Balaban J connectivity index is 1.43. The summed E-state index contributed by atoms with van der Waals surface area (Å²) in [6, 6.07) is 17.6. The third-order valence-electron chi connectivity index (χ3n) is 6.47. The van der Waals surface area contributed by atoms with E-state index in [1.807, 2.05) is 53.4 Å². The van der Waals surface area contributed by atoms with Crippen LogP contribution in [-0.4, -0.2) is 52.7 Å². The fourth-order valence-electron chi connectivity index (χ4n) is 4.83. The van der Waals surface area contributed by atoms with E-state index < -0.39 is 0 Å². The van der Waals surface area contributed by atoms with Crippen LogP contribution in [0.3, 0.4) is 0 Å². The van der Waals surface area contributed by atoms with Gasteiger partial charge >= 0.3 is 0 Å². The Labute approximate surface area is 199 Å². The van der Waals surface area contributed by atoms with Gasteiger partial charge in [-0.25, -0.2) is 0 Å². The summed E-state index contributed by atoms with van der Waals surface area (Å²) in [6.07, 6.45) is 2.93. The summed E-state index contributed by atoms with van der Waals surface area (Å²) in [5, 5.41) is 9.90. The maximum Gasteiger partial charge on any atom is 0.259 e. The number of hydrogen-bond acceptors (Lipinski definition) is 5. The van der Waals surface area contributed by atoms with Crippen LogP contribution >= 0.6 is 11.6 Å². The zero-order valence-electron chi connectivity index (χ0n) is 18.5. The second-order valence-electron chi connectivity index (χ2n) is 8.76. The molecule has 0 aliphatic carbocycles. The van der Waals surface area contributed by atoms with E-state index in [4.69, 9.17) is 16.6 Å². The molecule has 0 spiro atoms. The molecule has 0 bridgehead atoms. The number of guanidine groups is 1. The molecule has 2 aromatic rings. The highest BCUT2D eigenvalue weighted by atomic mass is 35.5. The molecule has 0 saturated heterocycles. The highest BCUT2D eigenvalue weighted by Gasteiger charge is 2.39. The van der Waals surface area contributed by atoms with Crippen molar-refractivity contribution >= 4 is 23.5 Å². The van der Waals surface area contributed by atoms with Gasteiger partial charge in [-0.3, -0.25) is 19.6 Å². The van der Waals surface area contributed by atoms with Crippen LogP contribution in [0.25, 0.3) is 0 Å². The maximum absolute atomic E-state index is 13.8. The van der Waals surface area contributed by atoms with E-state index in [0.29, 0.717) is 23.7 Å². The highest BCUT2D eigenvalue weighted by molar-refractivity contribution is 6.30. The lowest BCUT2D eigenvalue weighted by atomic mass is 9.99. The van der Waals surface area contributed by atoms with Crippen LogP contribution in [0, 0.1) is 11.3 Å². The standard InChI is InChI=1S/C26H26ClN5O/c27-22-8-6-19(7-9-22)17-32-25(33)23-18-30(16-21-5-3-4-20(14-21)15-28)13-10-24(23)31-12-2-1-11-29-26(31)32/h3-9,14H,1-2,10-13,16-18H2. The van der Waals surface area contributed by atoms with Crippen LogP contribution in [0.4, 0.5) is 0 Å². The van der Waals surface area contributed by atoms with Crippen molar-refractivity contribution in [3.05, 3.63) is 81.5 Å². The van der Waals surface area contributed by atoms with Crippen molar-refractivity contribution in [3.8, 4) is 6.07 Å². The van der Waals surface area contributed by atoms with Crippen LogP contribution in [-0.2, 0) is 17.9 Å². The normalized spacial score (nSPS) is 18.9. The Morgan fingerprint density at radius 1 is 1.03 bits per heavy atom. The number of carbonyl (C=O) groups is 1. The minimum atomic E-state index is 0.0484. The molecule has 5 rings (SSSR count). The summed E-state index contributed by atoms with van der Waals surface area (Å²) in [4.78, 5) is 25.0. The van der Waals surface area contributed by atoms with Crippen molar-refractivity contribution < 1.29 is 4.79 Å². The van der Waals surface area contributed by atoms with Gasteiger partial charge in [-0.2, -0.15) is 5.26 Å². The zero-order chi connectivity index (χ0) is 22.8. The number of halogens is 1. The first-order valence-electron chi connectivity index (χ1n) is 11.4. The first-order valence-corrected chi connectivity index (χ1v) is 11.8. The molecule has 33 heavy (non-hydrogen) atoms. The van der Waals surface area contributed by atoms with Crippen molar-refractivity contribution in [2.75, 3.05) is 26.2 Å². The van der Waals surface area contributed by atoms with Crippen LogP contribution in [0.1, 0.15) is 36.0 Å². The van der Waals surface area contributed by atoms with E-state index in [1.165, 1.54) is 0 Å². The molecule has 6 nitrogen and oxygen atoms in total. The van der Waals surface area contributed by atoms with Crippen molar-refractivity contribution in [2.45, 2.75) is 32.4 Å². The van der Waals surface area contributed by atoms with E-state index in [2.05, 4.69) is 15.9 Å². The molecule has 3 heterocycles. The smallest absolute Gasteiger partial charge is 0.259 e. The molecule has 7 heteroatoms. The van der Waals surface area contributed by atoms with E-state index in [0.717, 1.165) is 73.8 Å². The number of nitrogens with zero attached hydrogens (tertiary/aromatic N) is 5. The summed E-state index contributed by atoms with van der Waals surface area (Å²) >= 11 is 6.06. The molecule has 168 valence electrons. The number of aliphatic imine (C=N–C) groups is 1. The Hall–Kier alpha value is -3.14. The van der Waals surface area contributed by atoms with E-state index in [1.54, 1.807) is 0 Å². The Kier molecular flexibility index (Phi) is 6.17. The first kappa shape index (κ1) is 21.7. The molecule has 0 radical (unpaired) electrons. The second-order valence-corrected chi connectivity index (χ2v) is 9.19. The SMILES string of the molecule is N#Cc1cccc(CN2CCC3=C(C2)C(=O)N(Cc2ccc(Cl)cc2)C2=NCCCCN23)c1. The van der Waals surface area contributed by atoms with Gasteiger partial charge < -0.3 is 4.90 Å². The van der Waals surface area contributed by atoms with Gasteiger partial charge in [-0.1, -0.05) is 35.9 Å². The molecule has 0 aromatic heterocycles. The second kappa shape index (κ2) is 9.38. The van der Waals surface area contributed by atoms with Gasteiger partial charge in [0.05, 0.1) is 23.8 Å². The van der Waals surface area contributed by atoms with Crippen LogP contribution in [0.15, 0.2) is 64.8 Å². The zero-order valence-corrected chi connectivity index (χ0v) is 19.3. The monoisotopic (exact) mass is 459 g/mol. The van der Waals surface area contributed by atoms with Gasteiger partial charge in [0.15, 0.2) is 0 Å². The maximum atomic E-state index is 13.8. The Morgan fingerprint density at radius 3 is 2.70 bits per heavy atom. The lowest BCUT2D eigenvalue weighted by Gasteiger charge is -2.43. The molecule has 0 atom stereocenters. The van der Waals surface area contributed by atoms with Crippen LogP contribution in [0.5, 0.6) is 0 Å². The number of nitriles is 1. The topological polar surface area (TPSA) is 62.9 Å². The van der Waals surface area contributed by atoms with Crippen molar-refractivity contribution in [3.63, 3.8) is 0 Å². The van der Waals surface area contributed by atoms with Gasteiger partial charge in [-0.05, 0) is 48.2 Å². The number of carbonyl (C=O) groups excluding carboxylic acids is 1. The van der Waals surface area contributed by atoms with Crippen LogP contribution in [0.2, 0.25) is 5.02 Å². The van der Waals surface area contributed by atoms with Gasteiger partial charge in [0, 0.05) is 49.9 Å². The number of amides is 1. The molecule has 0 fully saturated rings. The van der Waals surface area contributed by atoms with Crippen molar-refractivity contribution in [2.24, 2.45) is 4.99 Å². The Bertz CT molecular complexity index is 1160. The molecular weight excluding hydrogens is 434 g/mol. The summed E-state index contributed by atoms with van der Waals surface area (Å²) in [6.45, 7) is 4.33. The summed E-state index contributed by atoms with van der Waals surface area (Å²) in [5.41, 5.74) is 4.79. The third-order valence-corrected chi connectivity index (χ3v) is 6.72. The lowest BCUT2D eigenvalue weighted by molar-refractivity contribution is -0.125. The minimum Gasteiger partial charge on any atom is -0.315 e. The van der Waals surface area contributed by atoms with Gasteiger partial charge in [0.2, 0.25) is 5.96 Å². The third kappa shape index (κ3) is 4.52. The largest absolute Gasteiger partial charge is 0.315 e. The van der Waals surface area contributed by atoms with E-state index in [9.17, 15) is 10.1 Å². The van der Waals surface area contributed by atoms with Crippen LogP contribution < -0.4 is 0 Å². The van der Waals surface area contributed by atoms with E-state index in [-0.39, 0.29) is 5.91 Å². The lowest BCUT2D eigenvalue weighted by Crippen LogP contribution is -2.55. The van der Waals surface area contributed by atoms with Gasteiger partial charge in [0.25, 0.3) is 5.91 Å². The molecule has 0 saturated carbocycles. The predicted molar refractivity (Wildman–Crippen MR) is 128 cm³/mol. The minimum absolute atomic E-state index is 0.0484. The molecule has 3 aliphatic heterocycles. The number of rotatable bonds is 4. The summed E-state index contributed by atoms with van der Waals surface area (Å²) in [7, 11) is 0. The average Bonchev–Trinajstić information content (AvgIpc) is 3.09. The Morgan fingerprint density at radius 2 is 1.88 bits per heavy atom. The van der Waals surface area contributed by atoms with Gasteiger partial charge in [-0.15, -0.1) is 0 Å². The number of hydrogen-bond donors (Lipinski definition) is 0. The van der Waals surface area contributed by atoms with Crippen molar-refractivity contribution in [1.29, 1.82) is 5.26 Å². The van der Waals surface area contributed by atoms with Crippen molar-refractivity contribution in [1.82, 2.24) is 14.7 Å². The highest BCUT2D eigenvalue weighted by Crippen LogP contribution is 2.32. The molecule has 0 unspecified atom stereocenters. The molecule has 1 amide bonds. The van der Waals surface area contributed by atoms with Gasteiger partial charge in [0.1, 0.15) is 0 Å². The fraction of sp³-hybridized carbons (Fsp3) is 0.346. The molecule has 0 N–H and O–H groups in total. The molecular formula is C26H26ClN5O. The number of benzene rings is 2. The molecule has 2 aromatic carbocycles. The quantitative estimate of drug-likeness (QED) is 0.688. The average molecular weight is 460 g/mol. The van der Waals surface area contributed by atoms with E-state index >= 15 is 0 Å². The molecule has 3 aliphatic rings. The fourth-order valence-corrected chi connectivity index (χ4v) is 4.96. The predicted octanol–water partition coefficient (Wildman–Crippen LogP) is 4.17. The number of fused-ring (bicyclic) bond motifs is 2.